The Morgan fingerprint density at radius 3 is 2.50 bits per heavy atom. The van der Waals surface area contributed by atoms with Crippen LogP contribution in [0.25, 0.3) is 0 Å². The van der Waals surface area contributed by atoms with Crippen molar-refractivity contribution >= 4 is 0 Å². The van der Waals surface area contributed by atoms with E-state index in [9.17, 15) is 13.9 Å². The number of aliphatic hydroxyl groups is 1. The molecule has 0 aliphatic heterocycles. The smallest absolute Gasteiger partial charge is 0.130 e. The van der Waals surface area contributed by atoms with E-state index in [1.54, 1.807) is 0 Å². The molecule has 0 unspecified atom stereocenters. The van der Waals surface area contributed by atoms with Gasteiger partial charge in [0.15, 0.2) is 0 Å². The molecule has 1 aromatic carbocycles. The lowest BCUT2D eigenvalue weighted by molar-refractivity contribution is 0.0404. The Labute approximate surface area is 93.1 Å². The third-order valence-electron chi connectivity index (χ3n) is 3.32. The number of aliphatic hydroxyl groups excluding tert-OH is 1. The van der Waals surface area contributed by atoms with Crippen LogP contribution in [-0.2, 0) is 0 Å². The quantitative estimate of drug-likeness (QED) is 0.830. The van der Waals surface area contributed by atoms with Gasteiger partial charge in [-0.15, -0.1) is 0 Å². The highest BCUT2D eigenvalue weighted by atomic mass is 19.1. The second-order valence-electron chi connectivity index (χ2n) is 4.37. The fourth-order valence-electron chi connectivity index (χ4n) is 2.03. The largest absolute Gasteiger partial charge is 0.391 e. The molecule has 4 heteroatoms. The first-order chi connectivity index (χ1) is 7.59. The average molecular weight is 227 g/mol. The third kappa shape index (κ3) is 2.08. The van der Waals surface area contributed by atoms with Crippen LogP contribution in [0, 0.1) is 17.6 Å². The summed E-state index contributed by atoms with van der Waals surface area (Å²) < 4.78 is 26.1. The lowest BCUT2D eigenvalue weighted by atomic mass is 9.77. The number of rotatable bonds is 3. The SMILES string of the molecule is N[C@@H](c1ccc(F)cc1F)[C@H](O)C1CCC1. The molecule has 1 saturated carbocycles. The summed E-state index contributed by atoms with van der Waals surface area (Å²) in [6.45, 7) is 0. The van der Waals surface area contributed by atoms with Gasteiger partial charge in [0.2, 0.25) is 0 Å². The first kappa shape index (κ1) is 11.5. The molecule has 2 nitrogen and oxygen atoms in total. The van der Waals surface area contributed by atoms with E-state index in [0.717, 1.165) is 31.4 Å². The Bertz CT molecular complexity index is 379. The molecule has 0 heterocycles. The summed E-state index contributed by atoms with van der Waals surface area (Å²) >= 11 is 0. The van der Waals surface area contributed by atoms with Crippen LogP contribution in [0.2, 0.25) is 0 Å². The van der Waals surface area contributed by atoms with Gasteiger partial charge in [0.05, 0.1) is 12.1 Å². The number of hydrogen-bond donors (Lipinski definition) is 2. The molecule has 0 aromatic heterocycles. The normalized spacial score (nSPS) is 20.2. The van der Waals surface area contributed by atoms with Crippen molar-refractivity contribution in [1.29, 1.82) is 0 Å². The molecule has 2 rings (SSSR count). The molecule has 3 N–H and O–H groups in total. The van der Waals surface area contributed by atoms with Crippen molar-refractivity contribution in [3.05, 3.63) is 35.4 Å². The molecule has 0 spiro atoms. The van der Waals surface area contributed by atoms with Gasteiger partial charge in [-0.2, -0.15) is 0 Å². The summed E-state index contributed by atoms with van der Waals surface area (Å²) in [7, 11) is 0. The van der Waals surface area contributed by atoms with Crippen molar-refractivity contribution in [2.24, 2.45) is 11.7 Å². The highest BCUT2D eigenvalue weighted by Gasteiger charge is 2.31. The highest BCUT2D eigenvalue weighted by Crippen LogP contribution is 2.34. The molecule has 0 amide bonds. The average Bonchev–Trinajstić information content (AvgIpc) is 2.14. The zero-order valence-corrected chi connectivity index (χ0v) is 8.87. The van der Waals surface area contributed by atoms with Crippen LogP contribution < -0.4 is 5.73 Å². The van der Waals surface area contributed by atoms with Crippen molar-refractivity contribution in [2.45, 2.75) is 31.4 Å². The van der Waals surface area contributed by atoms with E-state index in [1.807, 2.05) is 0 Å². The molecule has 0 radical (unpaired) electrons. The summed E-state index contributed by atoms with van der Waals surface area (Å²) in [4.78, 5) is 0. The molecular formula is C12H15F2NO. The standard InChI is InChI=1S/C12H15F2NO/c13-8-4-5-9(10(14)6-8)11(15)12(16)7-2-1-3-7/h4-7,11-12,16H,1-3,15H2/t11-,12+/m0/s1. The van der Waals surface area contributed by atoms with Crippen LogP contribution in [0.5, 0.6) is 0 Å². The van der Waals surface area contributed by atoms with Gasteiger partial charge in [0, 0.05) is 11.6 Å². The lowest BCUT2D eigenvalue weighted by Gasteiger charge is -2.33. The van der Waals surface area contributed by atoms with E-state index >= 15 is 0 Å². The van der Waals surface area contributed by atoms with Gasteiger partial charge in [-0.25, -0.2) is 8.78 Å². The number of nitrogens with two attached hydrogens (primary N) is 1. The van der Waals surface area contributed by atoms with Crippen molar-refractivity contribution in [3.63, 3.8) is 0 Å². The van der Waals surface area contributed by atoms with Gasteiger partial charge in [0.25, 0.3) is 0 Å². The molecule has 1 aliphatic rings. The lowest BCUT2D eigenvalue weighted by Crippen LogP contribution is -2.36. The van der Waals surface area contributed by atoms with Crippen LogP contribution in [0.15, 0.2) is 18.2 Å². The Morgan fingerprint density at radius 2 is 2.00 bits per heavy atom. The predicted molar refractivity (Wildman–Crippen MR) is 56.6 cm³/mol. The summed E-state index contributed by atoms with van der Waals surface area (Å²) in [5, 5.41) is 9.90. The maximum absolute atomic E-state index is 13.4. The molecule has 0 saturated heterocycles. The van der Waals surface area contributed by atoms with Crippen molar-refractivity contribution in [1.82, 2.24) is 0 Å². The van der Waals surface area contributed by atoms with Crippen molar-refractivity contribution in [3.8, 4) is 0 Å². The van der Waals surface area contributed by atoms with E-state index in [0.29, 0.717) is 0 Å². The van der Waals surface area contributed by atoms with Crippen LogP contribution in [0.1, 0.15) is 30.9 Å². The summed E-state index contributed by atoms with van der Waals surface area (Å²) in [6.07, 6.45) is 2.20. The summed E-state index contributed by atoms with van der Waals surface area (Å²) in [5.74, 6) is -1.17. The van der Waals surface area contributed by atoms with Crippen LogP contribution in [0.3, 0.4) is 0 Å². The number of halogens is 2. The zero-order valence-electron chi connectivity index (χ0n) is 8.87. The van der Waals surface area contributed by atoms with Gasteiger partial charge in [-0.05, 0) is 24.8 Å². The van der Waals surface area contributed by atoms with Crippen LogP contribution >= 0.6 is 0 Å². The first-order valence-corrected chi connectivity index (χ1v) is 5.48. The van der Waals surface area contributed by atoms with Crippen molar-refractivity contribution < 1.29 is 13.9 Å². The second-order valence-corrected chi connectivity index (χ2v) is 4.37. The molecule has 16 heavy (non-hydrogen) atoms. The van der Waals surface area contributed by atoms with Crippen molar-refractivity contribution in [2.75, 3.05) is 0 Å². The van der Waals surface area contributed by atoms with Gasteiger partial charge < -0.3 is 10.8 Å². The fraction of sp³-hybridized carbons (Fsp3) is 0.500. The minimum absolute atomic E-state index is 0.152. The predicted octanol–water partition coefficient (Wildman–Crippen LogP) is 2.13. The maximum atomic E-state index is 13.4. The summed E-state index contributed by atoms with van der Waals surface area (Å²) in [6, 6.07) is 2.48. The molecule has 1 fully saturated rings. The third-order valence-corrected chi connectivity index (χ3v) is 3.32. The zero-order chi connectivity index (χ0) is 11.7. The van der Waals surface area contributed by atoms with E-state index < -0.39 is 23.8 Å². The monoisotopic (exact) mass is 227 g/mol. The van der Waals surface area contributed by atoms with Gasteiger partial charge in [-0.3, -0.25) is 0 Å². The van der Waals surface area contributed by atoms with Gasteiger partial charge in [-0.1, -0.05) is 12.5 Å². The van der Waals surface area contributed by atoms with E-state index in [2.05, 4.69) is 0 Å². The molecular weight excluding hydrogens is 212 g/mol. The molecule has 88 valence electrons. The van der Waals surface area contributed by atoms with Crippen LogP contribution in [0.4, 0.5) is 8.78 Å². The minimum atomic E-state index is -0.772. The number of benzene rings is 1. The Hall–Kier alpha value is -1.00. The maximum Gasteiger partial charge on any atom is 0.130 e. The molecule has 1 aromatic rings. The molecule has 0 bridgehead atoms. The topological polar surface area (TPSA) is 46.2 Å². The number of hydrogen-bond acceptors (Lipinski definition) is 2. The molecule has 2 atom stereocenters. The fourth-order valence-corrected chi connectivity index (χ4v) is 2.03. The highest BCUT2D eigenvalue weighted by molar-refractivity contribution is 5.23. The molecule has 1 aliphatic carbocycles. The Balaban J connectivity index is 2.15. The first-order valence-electron chi connectivity index (χ1n) is 5.48. The van der Waals surface area contributed by atoms with Gasteiger partial charge in [0.1, 0.15) is 11.6 Å². The van der Waals surface area contributed by atoms with E-state index in [-0.39, 0.29) is 11.5 Å². The van der Waals surface area contributed by atoms with Crippen LogP contribution in [-0.4, -0.2) is 11.2 Å². The Kier molecular flexibility index (Phi) is 3.21. The van der Waals surface area contributed by atoms with E-state index in [4.69, 9.17) is 5.73 Å². The second kappa shape index (κ2) is 4.47. The Morgan fingerprint density at radius 1 is 1.31 bits per heavy atom. The van der Waals surface area contributed by atoms with Gasteiger partial charge >= 0.3 is 0 Å². The summed E-state index contributed by atoms with van der Waals surface area (Å²) in [5.41, 5.74) is 5.97. The van der Waals surface area contributed by atoms with E-state index in [1.165, 1.54) is 6.07 Å². The minimum Gasteiger partial charge on any atom is -0.391 e.